The van der Waals surface area contributed by atoms with Crippen LogP contribution in [0.25, 0.3) is 0 Å². The highest BCUT2D eigenvalue weighted by Gasteiger charge is 2.20. The minimum atomic E-state index is -0.954. The van der Waals surface area contributed by atoms with Crippen LogP contribution >= 0.6 is 27.5 Å². The number of ether oxygens (including phenoxy) is 1. The minimum absolute atomic E-state index is 0.0698. The molecule has 0 amide bonds. The Bertz CT molecular complexity index is 394. The standard InChI is InChI=1S/C8H5BrClNO3/c1-14-8(13)7(12)4-2-6(9)11-3-5(4)10/h2-3H,1H3. The topological polar surface area (TPSA) is 56.3 Å². The van der Waals surface area contributed by atoms with Crippen LogP contribution in [0.1, 0.15) is 10.4 Å². The number of ketones is 1. The molecule has 0 atom stereocenters. The molecule has 0 aliphatic heterocycles. The van der Waals surface area contributed by atoms with E-state index in [0.29, 0.717) is 4.60 Å². The summed E-state index contributed by atoms with van der Waals surface area (Å²) in [6, 6.07) is 1.36. The molecule has 14 heavy (non-hydrogen) atoms. The lowest BCUT2D eigenvalue weighted by Crippen LogP contribution is -2.16. The molecule has 0 aliphatic rings. The Morgan fingerprint density at radius 3 is 2.79 bits per heavy atom. The lowest BCUT2D eigenvalue weighted by atomic mass is 10.2. The maximum atomic E-state index is 11.3. The van der Waals surface area contributed by atoms with E-state index < -0.39 is 11.8 Å². The van der Waals surface area contributed by atoms with Gasteiger partial charge in [-0.15, -0.1) is 0 Å². The van der Waals surface area contributed by atoms with E-state index in [9.17, 15) is 9.59 Å². The Morgan fingerprint density at radius 2 is 2.21 bits per heavy atom. The number of methoxy groups -OCH3 is 1. The highest BCUT2D eigenvalue weighted by atomic mass is 79.9. The lowest BCUT2D eigenvalue weighted by molar-refractivity contribution is -0.135. The van der Waals surface area contributed by atoms with E-state index in [0.717, 1.165) is 7.11 Å². The third-order valence-corrected chi connectivity index (χ3v) is 2.17. The number of Topliss-reactive ketones (excluding diaryl/α,β-unsaturated/α-hetero) is 1. The SMILES string of the molecule is COC(=O)C(=O)c1cc(Br)ncc1Cl. The van der Waals surface area contributed by atoms with Crippen LogP contribution in [0.3, 0.4) is 0 Å². The summed E-state index contributed by atoms with van der Waals surface area (Å²) in [6.07, 6.45) is 1.28. The average molecular weight is 278 g/mol. The number of halogens is 2. The number of carbonyl (C=O) groups excluding carboxylic acids is 2. The minimum Gasteiger partial charge on any atom is -0.463 e. The summed E-state index contributed by atoms with van der Waals surface area (Å²) in [6.45, 7) is 0. The van der Waals surface area contributed by atoms with Crippen molar-refractivity contribution in [3.05, 3.63) is 27.5 Å². The molecule has 0 aliphatic carbocycles. The predicted octanol–water partition coefficient (Wildman–Crippen LogP) is 1.85. The van der Waals surface area contributed by atoms with Gasteiger partial charge in [-0.25, -0.2) is 9.78 Å². The summed E-state index contributed by atoms with van der Waals surface area (Å²) in [5.74, 6) is -1.74. The Balaban J connectivity index is 3.12. The number of carbonyl (C=O) groups is 2. The van der Waals surface area contributed by atoms with Crippen LogP contribution in [0.2, 0.25) is 5.02 Å². The second-order valence-electron chi connectivity index (χ2n) is 2.31. The summed E-state index contributed by atoms with van der Waals surface area (Å²) in [4.78, 5) is 26.0. The van der Waals surface area contributed by atoms with Crippen LogP contribution in [0.4, 0.5) is 0 Å². The van der Waals surface area contributed by atoms with E-state index in [4.69, 9.17) is 11.6 Å². The van der Waals surface area contributed by atoms with Crippen LogP contribution in [-0.4, -0.2) is 23.8 Å². The van der Waals surface area contributed by atoms with E-state index in [-0.39, 0.29) is 10.6 Å². The smallest absolute Gasteiger partial charge is 0.379 e. The second kappa shape index (κ2) is 4.52. The summed E-state index contributed by atoms with van der Waals surface area (Å²) < 4.78 is 4.70. The van der Waals surface area contributed by atoms with Crippen LogP contribution in [0.15, 0.2) is 16.9 Å². The first-order valence-electron chi connectivity index (χ1n) is 3.50. The predicted molar refractivity (Wildman–Crippen MR) is 53.3 cm³/mol. The molecule has 0 spiro atoms. The summed E-state index contributed by atoms with van der Waals surface area (Å²) in [7, 11) is 1.13. The van der Waals surface area contributed by atoms with Crippen molar-refractivity contribution in [3.8, 4) is 0 Å². The highest BCUT2D eigenvalue weighted by Crippen LogP contribution is 2.19. The number of pyridine rings is 1. The fourth-order valence-corrected chi connectivity index (χ4v) is 1.31. The van der Waals surface area contributed by atoms with Crippen molar-refractivity contribution in [2.75, 3.05) is 7.11 Å². The first-order chi connectivity index (χ1) is 6.56. The van der Waals surface area contributed by atoms with Crippen LogP contribution in [0.5, 0.6) is 0 Å². The Labute approximate surface area is 93.4 Å². The van der Waals surface area contributed by atoms with Crippen molar-refractivity contribution < 1.29 is 14.3 Å². The molecule has 0 radical (unpaired) electrons. The number of aromatic nitrogens is 1. The van der Waals surface area contributed by atoms with Gasteiger partial charge in [0, 0.05) is 6.20 Å². The van der Waals surface area contributed by atoms with E-state index in [2.05, 4.69) is 25.7 Å². The molecule has 6 heteroatoms. The number of esters is 1. The molecular weight excluding hydrogens is 273 g/mol. The zero-order valence-corrected chi connectivity index (χ0v) is 9.42. The lowest BCUT2D eigenvalue weighted by Gasteiger charge is -2.01. The summed E-state index contributed by atoms with van der Waals surface area (Å²) in [5, 5.41) is 0.114. The van der Waals surface area contributed by atoms with Crippen molar-refractivity contribution in [2.24, 2.45) is 0 Å². The Kier molecular flexibility index (Phi) is 3.60. The molecule has 0 N–H and O–H groups in total. The first-order valence-corrected chi connectivity index (χ1v) is 4.67. The van der Waals surface area contributed by atoms with E-state index in [1.165, 1.54) is 12.3 Å². The number of hydrogen-bond acceptors (Lipinski definition) is 4. The Morgan fingerprint density at radius 1 is 1.57 bits per heavy atom. The fraction of sp³-hybridized carbons (Fsp3) is 0.125. The molecule has 4 nitrogen and oxygen atoms in total. The molecule has 1 rings (SSSR count). The van der Waals surface area contributed by atoms with E-state index >= 15 is 0 Å². The van der Waals surface area contributed by atoms with Gasteiger partial charge in [-0.2, -0.15) is 0 Å². The molecule has 0 fully saturated rings. The first kappa shape index (κ1) is 11.1. The highest BCUT2D eigenvalue weighted by molar-refractivity contribution is 9.10. The number of hydrogen-bond donors (Lipinski definition) is 0. The van der Waals surface area contributed by atoms with Crippen LogP contribution < -0.4 is 0 Å². The molecule has 0 bridgehead atoms. The van der Waals surface area contributed by atoms with Gasteiger partial charge in [0.2, 0.25) is 0 Å². The third kappa shape index (κ3) is 2.30. The molecular formula is C8H5BrClNO3. The molecule has 0 saturated heterocycles. The maximum Gasteiger partial charge on any atom is 0.379 e. The third-order valence-electron chi connectivity index (χ3n) is 1.44. The molecule has 1 aromatic heterocycles. The Hall–Kier alpha value is -0.940. The normalized spacial score (nSPS) is 9.64. The van der Waals surface area contributed by atoms with Crippen LogP contribution in [-0.2, 0) is 9.53 Å². The van der Waals surface area contributed by atoms with Crippen LogP contribution in [0, 0.1) is 0 Å². The van der Waals surface area contributed by atoms with Crippen molar-refractivity contribution in [3.63, 3.8) is 0 Å². The summed E-state index contributed by atoms with van der Waals surface area (Å²) >= 11 is 8.74. The number of nitrogens with zero attached hydrogens (tertiary/aromatic N) is 1. The zero-order chi connectivity index (χ0) is 10.7. The van der Waals surface area contributed by atoms with E-state index in [1.54, 1.807) is 0 Å². The van der Waals surface area contributed by atoms with Crippen molar-refractivity contribution in [1.82, 2.24) is 4.98 Å². The van der Waals surface area contributed by atoms with Gasteiger partial charge in [-0.05, 0) is 22.0 Å². The van der Waals surface area contributed by atoms with Gasteiger partial charge in [0.25, 0.3) is 5.78 Å². The van der Waals surface area contributed by atoms with E-state index in [1.807, 2.05) is 0 Å². The number of rotatable bonds is 2. The molecule has 74 valence electrons. The molecule has 0 unspecified atom stereocenters. The largest absolute Gasteiger partial charge is 0.463 e. The second-order valence-corrected chi connectivity index (χ2v) is 3.53. The van der Waals surface area contributed by atoms with Crippen molar-refractivity contribution in [1.29, 1.82) is 0 Å². The summed E-state index contributed by atoms with van der Waals surface area (Å²) in [5.41, 5.74) is 0.0698. The molecule has 0 aromatic carbocycles. The van der Waals surface area contributed by atoms with Gasteiger partial charge >= 0.3 is 5.97 Å². The zero-order valence-electron chi connectivity index (χ0n) is 7.08. The molecule has 1 heterocycles. The molecule has 1 aromatic rings. The van der Waals surface area contributed by atoms with Gasteiger partial charge in [-0.3, -0.25) is 4.79 Å². The quantitative estimate of drug-likeness (QED) is 0.358. The van der Waals surface area contributed by atoms with Gasteiger partial charge in [-0.1, -0.05) is 11.6 Å². The van der Waals surface area contributed by atoms with Gasteiger partial charge in [0.15, 0.2) is 0 Å². The molecule has 0 saturated carbocycles. The fourth-order valence-electron chi connectivity index (χ4n) is 0.790. The van der Waals surface area contributed by atoms with Crippen molar-refractivity contribution in [2.45, 2.75) is 0 Å². The van der Waals surface area contributed by atoms with Gasteiger partial charge in [0.1, 0.15) is 4.60 Å². The monoisotopic (exact) mass is 277 g/mol. The maximum absolute atomic E-state index is 11.3. The van der Waals surface area contributed by atoms with Gasteiger partial charge < -0.3 is 4.74 Å². The van der Waals surface area contributed by atoms with Gasteiger partial charge in [0.05, 0.1) is 17.7 Å². The average Bonchev–Trinajstić information content (AvgIpc) is 2.19. The van der Waals surface area contributed by atoms with Crippen molar-refractivity contribution >= 4 is 39.3 Å².